The van der Waals surface area contributed by atoms with Crippen LogP contribution in [0.15, 0.2) is 30.3 Å². The zero-order chi connectivity index (χ0) is 13.8. The van der Waals surface area contributed by atoms with Gasteiger partial charge in [-0.2, -0.15) is 0 Å². The molecule has 1 aromatic heterocycles. The van der Waals surface area contributed by atoms with E-state index < -0.39 is 5.97 Å². The molecule has 5 heteroatoms. The van der Waals surface area contributed by atoms with Crippen LogP contribution in [-0.2, 0) is 16.1 Å². The Hall–Kier alpha value is -2.30. The summed E-state index contributed by atoms with van der Waals surface area (Å²) < 4.78 is 6.49. The fraction of sp³-hybridized carbons (Fsp3) is 0.286. The highest BCUT2D eigenvalue weighted by atomic mass is 16.5. The van der Waals surface area contributed by atoms with Crippen molar-refractivity contribution in [3.63, 3.8) is 0 Å². The summed E-state index contributed by atoms with van der Waals surface area (Å²) in [5.74, 6) is -1.32. The first-order chi connectivity index (χ1) is 9.13. The van der Waals surface area contributed by atoms with Gasteiger partial charge in [-0.15, -0.1) is 0 Å². The fourth-order valence-electron chi connectivity index (χ4n) is 2.06. The van der Waals surface area contributed by atoms with Crippen molar-refractivity contribution in [3.05, 3.63) is 36.0 Å². The van der Waals surface area contributed by atoms with E-state index in [1.165, 1.54) is 0 Å². The van der Waals surface area contributed by atoms with Crippen LogP contribution in [0.1, 0.15) is 23.8 Å². The highest BCUT2D eigenvalue weighted by Gasteiger charge is 2.15. The summed E-state index contributed by atoms with van der Waals surface area (Å²) in [5, 5.41) is 10.0. The first-order valence-electron chi connectivity index (χ1n) is 6.10. The third-order valence-corrected chi connectivity index (χ3v) is 2.87. The van der Waals surface area contributed by atoms with Gasteiger partial charge in [0.1, 0.15) is 5.69 Å². The number of fused-ring (bicyclic) bond motifs is 1. The molecule has 0 spiro atoms. The second-order valence-electron chi connectivity index (χ2n) is 4.10. The van der Waals surface area contributed by atoms with Crippen LogP contribution in [0.25, 0.3) is 10.9 Å². The topological polar surface area (TPSA) is 68.5 Å². The molecule has 0 saturated heterocycles. The maximum atomic E-state index is 11.4. The van der Waals surface area contributed by atoms with E-state index in [0.717, 1.165) is 10.9 Å². The van der Waals surface area contributed by atoms with Gasteiger partial charge in [-0.25, -0.2) is 4.79 Å². The predicted molar refractivity (Wildman–Crippen MR) is 70.1 cm³/mol. The van der Waals surface area contributed by atoms with Crippen molar-refractivity contribution in [2.75, 3.05) is 6.61 Å². The second-order valence-corrected chi connectivity index (χ2v) is 4.10. The van der Waals surface area contributed by atoms with Crippen LogP contribution >= 0.6 is 0 Å². The quantitative estimate of drug-likeness (QED) is 0.838. The molecule has 0 aliphatic rings. The average molecular weight is 261 g/mol. The number of hydrogen-bond acceptors (Lipinski definition) is 3. The number of benzene rings is 1. The minimum Gasteiger partial charge on any atom is -0.477 e. The molecular weight excluding hydrogens is 246 g/mol. The summed E-state index contributed by atoms with van der Waals surface area (Å²) in [7, 11) is 0. The Labute approximate surface area is 110 Å². The van der Waals surface area contributed by atoms with E-state index >= 15 is 0 Å². The molecular formula is C14H15NO4. The summed E-state index contributed by atoms with van der Waals surface area (Å²) in [6, 6.07) is 9.00. The minimum absolute atomic E-state index is 0.160. The SMILES string of the molecule is CCOC(=O)CCn1c(C(=O)O)cc2ccccc21. The minimum atomic E-state index is -1.000. The summed E-state index contributed by atoms with van der Waals surface area (Å²) >= 11 is 0. The first kappa shape index (κ1) is 13.1. The Morgan fingerprint density at radius 3 is 2.74 bits per heavy atom. The Balaban J connectivity index is 2.31. The molecule has 1 heterocycles. The van der Waals surface area contributed by atoms with E-state index in [1.54, 1.807) is 17.6 Å². The Morgan fingerprint density at radius 2 is 2.05 bits per heavy atom. The summed E-state index contributed by atoms with van der Waals surface area (Å²) in [6.45, 7) is 2.37. The van der Waals surface area contributed by atoms with Gasteiger partial charge in [-0.3, -0.25) is 4.79 Å². The van der Waals surface area contributed by atoms with E-state index in [1.807, 2.05) is 24.3 Å². The number of carbonyl (C=O) groups excluding carboxylic acids is 1. The molecule has 0 amide bonds. The molecule has 5 nitrogen and oxygen atoms in total. The molecule has 100 valence electrons. The largest absolute Gasteiger partial charge is 0.477 e. The fourth-order valence-corrected chi connectivity index (χ4v) is 2.06. The smallest absolute Gasteiger partial charge is 0.352 e. The number of nitrogens with zero attached hydrogens (tertiary/aromatic N) is 1. The number of hydrogen-bond donors (Lipinski definition) is 1. The zero-order valence-corrected chi connectivity index (χ0v) is 10.6. The van der Waals surface area contributed by atoms with Gasteiger partial charge in [-0.05, 0) is 19.1 Å². The van der Waals surface area contributed by atoms with Crippen molar-refractivity contribution in [3.8, 4) is 0 Å². The molecule has 1 N–H and O–H groups in total. The molecule has 0 aliphatic carbocycles. The molecule has 0 unspecified atom stereocenters. The van der Waals surface area contributed by atoms with Crippen LogP contribution in [0.2, 0.25) is 0 Å². The number of rotatable bonds is 5. The molecule has 2 aromatic rings. The van der Waals surface area contributed by atoms with Crippen LogP contribution in [-0.4, -0.2) is 28.2 Å². The van der Waals surface area contributed by atoms with Crippen molar-refractivity contribution in [1.29, 1.82) is 0 Å². The molecule has 19 heavy (non-hydrogen) atoms. The molecule has 0 fully saturated rings. The monoisotopic (exact) mass is 261 g/mol. The second kappa shape index (κ2) is 5.56. The molecule has 0 bridgehead atoms. The standard InChI is InChI=1S/C14H15NO4/c1-2-19-13(16)7-8-15-11-6-4-3-5-10(11)9-12(15)14(17)18/h3-6,9H,2,7-8H2,1H3,(H,17,18). The Kier molecular flexibility index (Phi) is 3.85. The third kappa shape index (κ3) is 2.76. The maximum Gasteiger partial charge on any atom is 0.352 e. The van der Waals surface area contributed by atoms with Gasteiger partial charge in [0.15, 0.2) is 0 Å². The van der Waals surface area contributed by atoms with Crippen molar-refractivity contribution >= 4 is 22.8 Å². The lowest BCUT2D eigenvalue weighted by Gasteiger charge is -2.07. The van der Waals surface area contributed by atoms with Gasteiger partial charge < -0.3 is 14.4 Å². The van der Waals surface area contributed by atoms with Crippen LogP contribution in [0.4, 0.5) is 0 Å². The number of aryl methyl sites for hydroxylation is 1. The van der Waals surface area contributed by atoms with Crippen molar-refractivity contribution < 1.29 is 19.4 Å². The Morgan fingerprint density at radius 1 is 1.32 bits per heavy atom. The summed E-state index contributed by atoms with van der Waals surface area (Å²) in [6.07, 6.45) is 0.160. The van der Waals surface area contributed by atoms with Gasteiger partial charge in [0, 0.05) is 17.4 Å². The van der Waals surface area contributed by atoms with E-state index in [2.05, 4.69) is 0 Å². The number of carboxylic acid groups (broad SMARTS) is 1. The van der Waals surface area contributed by atoms with Gasteiger partial charge >= 0.3 is 11.9 Å². The summed E-state index contributed by atoms with van der Waals surface area (Å²) in [4.78, 5) is 22.6. The lowest BCUT2D eigenvalue weighted by Crippen LogP contribution is -2.13. The van der Waals surface area contributed by atoms with Crippen molar-refractivity contribution in [2.45, 2.75) is 19.9 Å². The van der Waals surface area contributed by atoms with Gasteiger partial charge in [0.25, 0.3) is 0 Å². The highest BCUT2D eigenvalue weighted by molar-refractivity contribution is 5.94. The zero-order valence-electron chi connectivity index (χ0n) is 10.6. The normalized spacial score (nSPS) is 10.6. The molecule has 0 aliphatic heterocycles. The molecule has 0 radical (unpaired) electrons. The lowest BCUT2D eigenvalue weighted by molar-refractivity contribution is -0.143. The number of esters is 1. The van der Waals surface area contributed by atoms with Crippen LogP contribution in [0.5, 0.6) is 0 Å². The molecule has 1 aromatic carbocycles. The highest BCUT2D eigenvalue weighted by Crippen LogP contribution is 2.20. The van der Waals surface area contributed by atoms with Crippen molar-refractivity contribution in [1.82, 2.24) is 4.57 Å². The third-order valence-electron chi connectivity index (χ3n) is 2.87. The molecule has 2 rings (SSSR count). The Bertz CT molecular complexity index is 615. The number of carbonyl (C=O) groups is 2. The lowest BCUT2D eigenvalue weighted by atomic mass is 10.2. The average Bonchev–Trinajstić information content (AvgIpc) is 2.75. The van der Waals surface area contributed by atoms with Crippen molar-refractivity contribution in [2.24, 2.45) is 0 Å². The van der Waals surface area contributed by atoms with E-state index in [4.69, 9.17) is 4.74 Å². The molecule has 0 saturated carbocycles. The van der Waals surface area contributed by atoms with Gasteiger partial charge in [0.05, 0.1) is 13.0 Å². The van der Waals surface area contributed by atoms with Crippen LogP contribution in [0.3, 0.4) is 0 Å². The van der Waals surface area contributed by atoms with Crippen LogP contribution < -0.4 is 0 Å². The van der Waals surface area contributed by atoms with E-state index in [-0.39, 0.29) is 18.1 Å². The number of para-hydroxylation sites is 1. The number of ether oxygens (including phenoxy) is 1. The first-order valence-corrected chi connectivity index (χ1v) is 6.10. The number of carboxylic acids is 1. The summed E-state index contributed by atoms with van der Waals surface area (Å²) in [5.41, 5.74) is 0.995. The van der Waals surface area contributed by atoms with E-state index in [9.17, 15) is 14.7 Å². The van der Waals surface area contributed by atoms with Crippen LogP contribution in [0, 0.1) is 0 Å². The van der Waals surface area contributed by atoms with Gasteiger partial charge in [0.2, 0.25) is 0 Å². The number of aromatic carboxylic acids is 1. The number of aromatic nitrogens is 1. The maximum absolute atomic E-state index is 11.4. The van der Waals surface area contributed by atoms with Gasteiger partial charge in [-0.1, -0.05) is 18.2 Å². The predicted octanol–water partition coefficient (Wildman–Crippen LogP) is 2.29. The van der Waals surface area contributed by atoms with E-state index in [0.29, 0.717) is 13.2 Å². The molecule has 0 atom stereocenters.